The Labute approximate surface area is 156 Å². The molecule has 0 aliphatic carbocycles. The third-order valence-corrected chi connectivity index (χ3v) is 4.49. The molecule has 0 radical (unpaired) electrons. The molecule has 0 saturated carbocycles. The van der Waals surface area contributed by atoms with Gasteiger partial charge in [0.05, 0.1) is 5.02 Å². The van der Waals surface area contributed by atoms with Gasteiger partial charge in [0, 0.05) is 47.2 Å². The Morgan fingerprint density at radius 3 is 2.81 bits per heavy atom. The van der Waals surface area contributed by atoms with E-state index in [2.05, 4.69) is 25.6 Å². The summed E-state index contributed by atoms with van der Waals surface area (Å²) in [4.78, 5) is 23.5. The van der Waals surface area contributed by atoms with E-state index in [0.29, 0.717) is 28.6 Å². The Bertz CT molecular complexity index is 966. The Morgan fingerprint density at radius 2 is 2.12 bits per heavy atom. The second kappa shape index (κ2) is 7.21. The van der Waals surface area contributed by atoms with Gasteiger partial charge in [-0.15, -0.1) is 0 Å². The van der Waals surface area contributed by atoms with Gasteiger partial charge in [0.2, 0.25) is 0 Å². The highest BCUT2D eigenvalue weighted by molar-refractivity contribution is 6.36. The van der Waals surface area contributed by atoms with Crippen LogP contribution in [0.2, 0.25) is 5.02 Å². The van der Waals surface area contributed by atoms with E-state index in [-0.39, 0.29) is 11.9 Å². The van der Waals surface area contributed by atoms with Crippen molar-refractivity contribution in [3.05, 3.63) is 46.4 Å². The van der Waals surface area contributed by atoms with Crippen molar-refractivity contribution in [2.45, 2.75) is 26.3 Å². The third-order valence-electron chi connectivity index (χ3n) is 4.05. The summed E-state index contributed by atoms with van der Waals surface area (Å²) in [7, 11) is 1.60. The van der Waals surface area contributed by atoms with Crippen molar-refractivity contribution in [1.82, 2.24) is 20.3 Å². The summed E-state index contributed by atoms with van der Waals surface area (Å²) in [5.74, 6) is 0.945. The Kier molecular flexibility index (Phi) is 4.99. The van der Waals surface area contributed by atoms with Crippen LogP contribution in [-0.4, -0.2) is 33.9 Å². The van der Waals surface area contributed by atoms with Gasteiger partial charge in [-0.3, -0.25) is 4.79 Å². The molecule has 5 N–H and O–H groups in total. The summed E-state index contributed by atoms with van der Waals surface area (Å²) >= 11 is 6.55. The van der Waals surface area contributed by atoms with Crippen LogP contribution in [0.1, 0.15) is 35.5 Å². The standard InChI is InChI=1S/C18H21ClN6O/c1-9(2)24-17-12(16(20)22-8-23-17)7-14-15(19)11-5-4-10(18(26)21-3)6-13(11)25-14/h4-6,8-9,25H,7H2,1-3H3,(H,21,26)(H3,20,22,23,24). The summed E-state index contributed by atoms with van der Waals surface area (Å²) in [5.41, 5.74) is 9.00. The van der Waals surface area contributed by atoms with Gasteiger partial charge in [-0.2, -0.15) is 0 Å². The van der Waals surface area contributed by atoms with E-state index in [4.69, 9.17) is 17.3 Å². The first-order chi connectivity index (χ1) is 12.4. The number of amides is 1. The van der Waals surface area contributed by atoms with Crippen LogP contribution in [0.3, 0.4) is 0 Å². The lowest BCUT2D eigenvalue weighted by Gasteiger charge is -2.14. The number of fused-ring (bicyclic) bond motifs is 1. The molecule has 0 saturated heterocycles. The molecule has 2 aromatic heterocycles. The number of nitrogens with two attached hydrogens (primary N) is 1. The first kappa shape index (κ1) is 18.0. The molecular weight excluding hydrogens is 352 g/mol. The molecule has 1 aromatic carbocycles. The molecule has 3 aromatic rings. The van der Waals surface area contributed by atoms with Crippen molar-refractivity contribution in [3.8, 4) is 0 Å². The van der Waals surface area contributed by atoms with Crippen molar-refractivity contribution in [2.24, 2.45) is 0 Å². The van der Waals surface area contributed by atoms with Gasteiger partial charge in [0.15, 0.2) is 0 Å². The van der Waals surface area contributed by atoms with Crippen LogP contribution in [0.25, 0.3) is 10.9 Å². The lowest BCUT2D eigenvalue weighted by molar-refractivity contribution is 0.0963. The number of hydrogen-bond donors (Lipinski definition) is 4. The quantitative estimate of drug-likeness (QED) is 0.550. The van der Waals surface area contributed by atoms with Crippen molar-refractivity contribution in [3.63, 3.8) is 0 Å². The van der Waals surface area contributed by atoms with Crippen molar-refractivity contribution < 1.29 is 4.79 Å². The van der Waals surface area contributed by atoms with Gasteiger partial charge in [0.25, 0.3) is 5.91 Å². The minimum atomic E-state index is -0.150. The molecular formula is C18H21ClN6O. The lowest BCUT2D eigenvalue weighted by Crippen LogP contribution is -2.17. The average molecular weight is 373 g/mol. The molecule has 3 rings (SSSR count). The second-order valence-electron chi connectivity index (χ2n) is 6.32. The molecule has 1 amide bonds. The molecule has 26 heavy (non-hydrogen) atoms. The van der Waals surface area contributed by atoms with Crippen LogP contribution in [0.5, 0.6) is 0 Å². The molecule has 0 unspecified atom stereocenters. The summed E-state index contributed by atoms with van der Waals surface area (Å²) in [6, 6.07) is 5.56. The number of nitrogen functional groups attached to an aromatic ring is 1. The number of aromatic amines is 1. The summed E-state index contributed by atoms with van der Waals surface area (Å²) < 4.78 is 0. The molecule has 0 aliphatic heterocycles. The van der Waals surface area contributed by atoms with E-state index in [9.17, 15) is 4.79 Å². The molecule has 0 spiro atoms. The number of aromatic nitrogens is 3. The first-order valence-electron chi connectivity index (χ1n) is 8.28. The van der Waals surface area contributed by atoms with Crippen LogP contribution in [0.15, 0.2) is 24.5 Å². The summed E-state index contributed by atoms with van der Waals surface area (Å²) in [6.45, 7) is 4.05. The zero-order valence-corrected chi connectivity index (χ0v) is 15.6. The second-order valence-corrected chi connectivity index (χ2v) is 6.70. The Hall–Kier alpha value is -2.80. The number of benzene rings is 1. The maximum atomic E-state index is 11.8. The molecule has 0 atom stereocenters. The predicted octanol–water partition coefficient (Wildman–Crippen LogP) is 2.96. The molecule has 2 heterocycles. The molecule has 0 aliphatic rings. The monoisotopic (exact) mass is 372 g/mol. The summed E-state index contributed by atoms with van der Waals surface area (Å²) in [5, 5.41) is 7.34. The molecule has 0 fully saturated rings. The number of carbonyl (C=O) groups is 1. The van der Waals surface area contributed by atoms with E-state index in [0.717, 1.165) is 22.2 Å². The normalized spacial score (nSPS) is 11.1. The van der Waals surface area contributed by atoms with Crippen LogP contribution in [-0.2, 0) is 6.42 Å². The van der Waals surface area contributed by atoms with E-state index < -0.39 is 0 Å². The highest BCUT2D eigenvalue weighted by Gasteiger charge is 2.17. The number of anilines is 2. The Morgan fingerprint density at radius 1 is 1.35 bits per heavy atom. The minimum absolute atomic E-state index is 0.150. The number of rotatable bonds is 5. The average Bonchev–Trinajstić information content (AvgIpc) is 2.92. The number of nitrogens with one attached hydrogen (secondary N) is 3. The van der Waals surface area contributed by atoms with Gasteiger partial charge < -0.3 is 21.4 Å². The fourth-order valence-corrected chi connectivity index (χ4v) is 3.08. The maximum Gasteiger partial charge on any atom is 0.251 e. The van der Waals surface area contributed by atoms with E-state index in [1.807, 2.05) is 19.9 Å². The van der Waals surface area contributed by atoms with Crippen LogP contribution in [0, 0.1) is 0 Å². The SMILES string of the molecule is CNC(=O)c1ccc2c(Cl)c(Cc3c(N)ncnc3NC(C)C)[nH]c2c1. The van der Waals surface area contributed by atoms with Crippen LogP contribution in [0.4, 0.5) is 11.6 Å². The third kappa shape index (κ3) is 3.43. The molecule has 136 valence electrons. The van der Waals surface area contributed by atoms with Crippen molar-refractivity contribution in [2.75, 3.05) is 18.1 Å². The number of halogens is 1. The van der Waals surface area contributed by atoms with Crippen LogP contribution >= 0.6 is 11.6 Å². The van der Waals surface area contributed by atoms with Gasteiger partial charge in [-0.1, -0.05) is 17.7 Å². The number of H-pyrrole nitrogens is 1. The fraction of sp³-hybridized carbons (Fsp3) is 0.278. The Balaban J connectivity index is 2.02. The highest BCUT2D eigenvalue weighted by atomic mass is 35.5. The van der Waals surface area contributed by atoms with Gasteiger partial charge in [-0.05, 0) is 26.0 Å². The molecule has 8 heteroatoms. The van der Waals surface area contributed by atoms with E-state index >= 15 is 0 Å². The van der Waals surface area contributed by atoms with Crippen molar-refractivity contribution in [1.29, 1.82) is 0 Å². The number of nitrogens with zero attached hydrogens (tertiary/aromatic N) is 2. The maximum absolute atomic E-state index is 11.8. The van der Waals surface area contributed by atoms with Gasteiger partial charge >= 0.3 is 0 Å². The lowest BCUT2D eigenvalue weighted by atomic mass is 10.1. The number of hydrogen-bond acceptors (Lipinski definition) is 5. The number of carbonyl (C=O) groups excluding carboxylic acids is 1. The van der Waals surface area contributed by atoms with Gasteiger partial charge in [-0.25, -0.2) is 9.97 Å². The largest absolute Gasteiger partial charge is 0.383 e. The van der Waals surface area contributed by atoms with Gasteiger partial charge in [0.1, 0.15) is 18.0 Å². The smallest absolute Gasteiger partial charge is 0.251 e. The zero-order valence-electron chi connectivity index (χ0n) is 14.9. The van der Waals surface area contributed by atoms with E-state index in [1.54, 1.807) is 19.2 Å². The topological polar surface area (TPSA) is 109 Å². The van der Waals surface area contributed by atoms with Crippen molar-refractivity contribution >= 4 is 40.0 Å². The minimum Gasteiger partial charge on any atom is -0.383 e. The van der Waals surface area contributed by atoms with E-state index in [1.165, 1.54) is 6.33 Å². The molecule has 7 nitrogen and oxygen atoms in total. The highest BCUT2D eigenvalue weighted by Crippen LogP contribution is 2.32. The van der Waals surface area contributed by atoms with Crippen LogP contribution < -0.4 is 16.4 Å². The predicted molar refractivity (Wildman–Crippen MR) is 105 cm³/mol. The summed E-state index contributed by atoms with van der Waals surface area (Å²) in [6.07, 6.45) is 1.89. The fourth-order valence-electron chi connectivity index (χ4n) is 2.80. The zero-order chi connectivity index (χ0) is 18.8. The first-order valence-corrected chi connectivity index (χ1v) is 8.66. The molecule has 0 bridgehead atoms.